The van der Waals surface area contributed by atoms with Gasteiger partial charge in [0.15, 0.2) is 11.5 Å². The largest absolute Gasteiger partial charge is 0.454 e. The zero-order valence-electron chi connectivity index (χ0n) is 14.5. The molecule has 134 valence electrons. The van der Waals surface area contributed by atoms with Crippen molar-refractivity contribution in [2.45, 2.75) is 26.3 Å². The minimum atomic E-state index is -0.200. The summed E-state index contributed by atoms with van der Waals surface area (Å²) >= 11 is 1.33. The van der Waals surface area contributed by atoms with Gasteiger partial charge in [-0.2, -0.15) is 0 Å². The predicted molar refractivity (Wildman–Crippen MR) is 102 cm³/mol. The fourth-order valence-corrected chi connectivity index (χ4v) is 3.83. The Hall–Kier alpha value is -2.80. The normalized spacial score (nSPS) is 12.7. The number of amides is 1. The summed E-state index contributed by atoms with van der Waals surface area (Å²) in [6.45, 7) is 4.79. The molecule has 0 fully saturated rings. The Bertz CT molecular complexity index is 997. The topological polar surface area (TPSA) is 86.5 Å². The number of anilines is 1. The van der Waals surface area contributed by atoms with Crippen LogP contribution in [0.1, 0.15) is 40.7 Å². The van der Waals surface area contributed by atoms with Gasteiger partial charge in [0.25, 0.3) is 5.91 Å². The molecule has 0 saturated carbocycles. The third kappa shape index (κ3) is 2.94. The van der Waals surface area contributed by atoms with Crippen molar-refractivity contribution in [1.82, 2.24) is 10.3 Å². The Kier molecular flexibility index (Phi) is 4.16. The van der Waals surface area contributed by atoms with E-state index in [1.165, 1.54) is 11.3 Å². The van der Waals surface area contributed by atoms with E-state index in [1.807, 2.05) is 30.3 Å². The first-order valence-corrected chi connectivity index (χ1v) is 9.20. The second-order valence-electron chi connectivity index (χ2n) is 6.46. The molecule has 1 aliphatic heterocycles. The standard InChI is InChI=1S/C19H19N3O3S/c1-10(2)13-5-4-12-16(20)17(26-19(12)22-13)18(23)21-8-11-3-6-14-15(7-11)25-9-24-14/h3-7,10H,8-9,20H2,1-2H3,(H,21,23). The molecule has 6 nitrogen and oxygen atoms in total. The van der Waals surface area contributed by atoms with Gasteiger partial charge in [0, 0.05) is 17.6 Å². The molecular weight excluding hydrogens is 350 g/mol. The highest BCUT2D eigenvalue weighted by Crippen LogP contribution is 2.34. The molecule has 3 heterocycles. The average Bonchev–Trinajstić information content (AvgIpc) is 3.23. The van der Waals surface area contributed by atoms with E-state index >= 15 is 0 Å². The van der Waals surface area contributed by atoms with Gasteiger partial charge in [-0.3, -0.25) is 4.79 Å². The minimum absolute atomic E-state index is 0.200. The van der Waals surface area contributed by atoms with Crippen LogP contribution in [-0.4, -0.2) is 17.7 Å². The first-order valence-electron chi connectivity index (χ1n) is 8.38. The Morgan fingerprint density at radius 3 is 2.88 bits per heavy atom. The molecule has 1 aliphatic rings. The number of thiophene rings is 1. The van der Waals surface area contributed by atoms with Crippen molar-refractivity contribution in [3.05, 3.63) is 46.5 Å². The number of nitrogen functional groups attached to an aromatic ring is 1. The predicted octanol–water partition coefficient (Wildman–Crippen LogP) is 3.66. The highest BCUT2D eigenvalue weighted by molar-refractivity contribution is 7.21. The molecule has 0 atom stereocenters. The maximum absolute atomic E-state index is 12.6. The van der Waals surface area contributed by atoms with Crippen LogP contribution in [0.2, 0.25) is 0 Å². The fraction of sp³-hybridized carbons (Fsp3) is 0.263. The first-order chi connectivity index (χ1) is 12.5. The molecule has 0 spiro atoms. The summed E-state index contributed by atoms with van der Waals surface area (Å²) in [4.78, 5) is 18.5. The van der Waals surface area contributed by atoms with Crippen LogP contribution < -0.4 is 20.5 Å². The number of carbonyl (C=O) groups is 1. The van der Waals surface area contributed by atoms with Gasteiger partial charge in [-0.15, -0.1) is 11.3 Å². The van der Waals surface area contributed by atoms with E-state index in [9.17, 15) is 4.79 Å². The van der Waals surface area contributed by atoms with Gasteiger partial charge in [-0.25, -0.2) is 4.98 Å². The molecule has 1 amide bonds. The molecule has 0 unspecified atom stereocenters. The van der Waals surface area contributed by atoms with Crippen molar-refractivity contribution in [3.63, 3.8) is 0 Å². The van der Waals surface area contributed by atoms with Gasteiger partial charge in [0.1, 0.15) is 9.71 Å². The van der Waals surface area contributed by atoms with Gasteiger partial charge in [-0.1, -0.05) is 19.9 Å². The highest BCUT2D eigenvalue weighted by atomic mass is 32.1. The summed E-state index contributed by atoms with van der Waals surface area (Å²) in [6.07, 6.45) is 0. The molecule has 3 aromatic rings. The maximum Gasteiger partial charge on any atom is 0.263 e. The minimum Gasteiger partial charge on any atom is -0.454 e. The van der Waals surface area contributed by atoms with E-state index in [4.69, 9.17) is 15.2 Å². The second-order valence-corrected chi connectivity index (χ2v) is 7.46. The van der Waals surface area contributed by atoms with Crippen LogP contribution in [0.15, 0.2) is 30.3 Å². The second kappa shape index (κ2) is 6.49. The van der Waals surface area contributed by atoms with Crippen molar-refractivity contribution in [2.24, 2.45) is 0 Å². The third-order valence-corrected chi connectivity index (χ3v) is 5.42. The van der Waals surface area contributed by atoms with Crippen molar-refractivity contribution in [3.8, 4) is 11.5 Å². The highest BCUT2D eigenvalue weighted by Gasteiger charge is 2.18. The quantitative estimate of drug-likeness (QED) is 0.733. The number of aromatic nitrogens is 1. The number of pyridine rings is 1. The maximum atomic E-state index is 12.6. The van der Waals surface area contributed by atoms with Gasteiger partial charge in [-0.05, 0) is 35.7 Å². The fourth-order valence-electron chi connectivity index (χ4n) is 2.82. The Labute approximate surface area is 154 Å². The SMILES string of the molecule is CC(C)c1ccc2c(N)c(C(=O)NCc3ccc4c(c3)OCO4)sc2n1. The number of nitrogens with one attached hydrogen (secondary N) is 1. The van der Waals surface area contributed by atoms with E-state index in [1.54, 1.807) is 0 Å². The molecule has 0 saturated heterocycles. The monoisotopic (exact) mass is 369 g/mol. The number of hydrogen-bond donors (Lipinski definition) is 2. The summed E-state index contributed by atoms with van der Waals surface area (Å²) in [6, 6.07) is 9.52. The number of nitrogens with two attached hydrogens (primary N) is 1. The van der Waals surface area contributed by atoms with Gasteiger partial charge < -0.3 is 20.5 Å². The number of fused-ring (bicyclic) bond motifs is 2. The molecule has 3 N–H and O–H groups in total. The van der Waals surface area contributed by atoms with E-state index in [0.29, 0.717) is 28.8 Å². The molecule has 1 aromatic carbocycles. The number of rotatable bonds is 4. The van der Waals surface area contributed by atoms with Crippen LogP contribution in [0.4, 0.5) is 5.69 Å². The van der Waals surface area contributed by atoms with Crippen LogP contribution in [0.25, 0.3) is 10.2 Å². The zero-order valence-corrected chi connectivity index (χ0v) is 15.4. The lowest BCUT2D eigenvalue weighted by molar-refractivity contribution is 0.0955. The van der Waals surface area contributed by atoms with E-state index in [-0.39, 0.29) is 12.7 Å². The van der Waals surface area contributed by atoms with Crippen LogP contribution in [0, 0.1) is 0 Å². The lowest BCUT2D eigenvalue weighted by Crippen LogP contribution is -2.22. The molecule has 0 radical (unpaired) electrons. The molecular formula is C19H19N3O3S. The smallest absolute Gasteiger partial charge is 0.263 e. The van der Waals surface area contributed by atoms with E-state index in [2.05, 4.69) is 24.1 Å². The number of ether oxygens (including phenoxy) is 2. The summed E-state index contributed by atoms with van der Waals surface area (Å²) in [5.74, 6) is 1.55. The third-order valence-electron chi connectivity index (χ3n) is 4.30. The summed E-state index contributed by atoms with van der Waals surface area (Å²) in [5.41, 5.74) is 8.59. The zero-order chi connectivity index (χ0) is 18.3. The summed E-state index contributed by atoms with van der Waals surface area (Å²) in [5, 5.41) is 3.74. The number of benzene rings is 1. The number of nitrogens with zero attached hydrogens (tertiary/aromatic N) is 1. The number of carbonyl (C=O) groups excluding carboxylic acids is 1. The first kappa shape index (κ1) is 16.7. The van der Waals surface area contributed by atoms with E-state index < -0.39 is 0 Å². The van der Waals surface area contributed by atoms with Crippen molar-refractivity contribution >= 4 is 33.1 Å². The van der Waals surface area contributed by atoms with Crippen LogP contribution in [0.5, 0.6) is 11.5 Å². The van der Waals surface area contributed by atoms with Gasteiger partial charge in [0.05, 0.1) is 5.69 Å². The molecule has 0 bridgehead atoms. The molecule has 7 heteroatoms. The number of hydrogen-bond acceptors (Lipinski definition) is 6. The lowest BCUT2D eigenvalue weighted by atomic mass is 10.1. The van der Waals surface area contributed by atoms with E-state index in [0.717, 1.165) is 27.2 Å². The van der Waals surface area contributed by atoms with Crippen molar-refractivity contribution < 1.29 is 14.3 Å². The van der Waals surface area contributed by atoms with Crippen LogP contribution in [-0.2, 0) is 6.54 Å². The molecule has 0 aliphatic carbocycles. The Balaban J connectivity index is 1.53. The summed E-state index contributed by atoms with van der Waals surface area (Å²) < 4.78 is 10.7. The van der Waals surface area contributed by atoms with Crippen LogP contribution >= 0.6 is 11.3 Å². The Morgan fingerprint density at radius 1 is 1.27 bits per heavy atom. The molecule has 26 heavy (non-hydrogen) atoms. The van der Waals surface area contributed by atoms with Crippen LogP contribution in [0.3, 0.4) is 0 Å². The Morgan fingerprint density at radius 2 is 2.08 bits per heavy atom. The van der Waals surface area contributed by atoms with Crippen molar-refractivity contribution in [2.75, 3.05) is 12.5 Å². The van der Waals surface area contributed by atoms with Crippen molar-refractivity contribution in [1.29, 1.82) is 0 Å². The van der Waals surface area contributed by atoms with Gasteiger partial charge in [0.2, 0.25) is 6.79 Å². The van der Waals surface area contributed by atoms with Gasteiger partial charge >= 0.3 is 0 Å². The lowest BCUT2D eigenvalue weighted by Gasteiger charge is -2.05. The average molecular weight is 369 g/mol. The summed E-state index contributed by atoms with van der Waals surface area (Å²) in [7, 11) is 0. The molecule has 2 aromatic heterocycles. The molecule has 4 rings (SSSR count).